The number of piperidine rings is 1. The van der Waals surface area contributed by atoms with E-state index in [0.717, 1.165) is 51.8 Å². The molecule has 2 rings (SSSR count). The number of carbonyl (C=O) groups is 1. The molecule has 1 saturated carbocycles. The largest absolute Gasteiger partial charge is 0.385 e. The van der Waals surface area contributed by atoms with E-state index in [9.17, 15) is 4.79 Å². The number of ether oxygens (including phenoxy) is 1. The van der Waals surface area contributed by atoms with Gasteiger partial charge >= 0.3 is 0 Å². The van der Waals surface area contributed by atoms with Gasteiger partial charge in [-0.25, -0.2) is 0 Å². The van der Waals surface area contributed by atoms with Crippen molar-refractivity contribution in [1.29, 1.82) is 0 Å². The van der Waals surface area contributed by atoms with E-state index in [0.29, 0.717) is 5.92 Å². The second kappa shape index (κ2) is 5.15. The summed E-state index contributed by atoms with van der Waals surface area (Å²) in [6.45, 7) is 2.72. The first-order valence-corrected chi connectivity index (χ1v) is 6.27. The Morgan fingerprint density at radius 2 is 2.12 bits per heavy atom. The summed E-state index contributed by atoms with van der Waals surface area (Å²) >= 11 is 0. The van der Waals surface area contributed by atoms with Crippen LogP contribution >= 0.6 is 0 Å². The number of methoxy groups -OCH3 is 1. The summed E-state index contributed by atoms with van der Waals surface area (Å²) in [5, 5.41) is 6.61. The van der Waals surface area contributed by atoms with Gasteiger partial charge in [0.05, 0.1) is 0 Å². The number of hydrogen-bond donors (Lipinski definition) is 2. The van der Waals surface area contributed by atoms with Crippen LogP contribution in [0, 0.1) is 5.92 Å². The maximum absolute atomic E-state index is 11.9. The first-order chi connectivity index (χ1) is 7.76. The zero-order chi connectivity index (χ0) is 11.4. The van der Waals surface area contributed by atoms with E-state index >= 15 is 0 Å². The molecule has 0 atom stereocenters. The molecule has 0 unspecified atom stereocenters. The van der Waals surface area contributed by atoms with E-state index in [-0.39, 0.29) is 11.4 Å². The summed E-state index contributed by atoms with van der Waals surface area (Å²) in [5.74, 6) is 0.562. The lowest BCUT2D eigenvalue weighted by Crippen LogP contribution is -2.55. The number of hydrogen-bond acceptors (Lipinski definition) is 3. The van der Waals surface area contributed by atoms with Crippen molar-refractivity contribution >= 4 is 5.91 Å². The van der Waals surface area contributed by atoms with E-state index in [4.69, 9.17) is 4.74 Å². The van der Waals surface area contributed by atoms with E-state index in [2.05, 4.69) is 10.6 Å². The molecule has 1 amide bonds. The Balaban J connectivity index is 1.91. The summed E-state index contributed by atoms with van der Waals surface area (Å²) in [7, 11) is 1.72. The minimum absolute atomic E-state index is 0.0130. The topological polar surface area (TPSA) is 50.4 Å². The molecule has 0 bridgehead atoms. The smallest absolute Gasteiger partial charge is 0.223 e. The van der Waals surface area contributed by atoms with Crippen LogP contribution in [0.5, 0.6) is 0 Å². The highest BCUT2D eigenvalue weighted by molar-refractivity contribution is 5.81. The predicted molar refractivity (Wildman–Crippen MR) is 62.2 cm³/mol. The number of amides is 1. The second-order valence-electron chi connectivity index (χ2n) is 5.04. The molecule has 1 saturated heterocycles. The molecule has 0 aromatic carbocycles. The van der Waals surface area contributed by atoms with Crippen LogP contribution in [-0.2, 0) is 9.53 Å². The van der Waals surface area contributed by atoms with Crippen LogP contribution in [0.3, 0.4) is 0 Å². The molecule has 2 aliphatic rings. The van der Waals surface area contributed by atoms with Crippen molar-refractivity contribution in [1.82, 2.24) is 10.6 Å². The van der Waals surface area contributed by atoms with Gasteiger partial charge in [-0.3, -0.25) is 4.79 Å². The van der Waals surface area contributed by atoms with Gasteiger partial charge in [-0.05, 0) is 45.2 Å². The van der Waals surface area contributed by atoms with Crippen molar-refractivity contribution in [2.24, 2.45) is 5.92 Å². The molecule has 4 nitrogen and oxygen atoms in total. The Kier molecular flexibility index (Phi) is 3.82. The van der Waals surface area contributed by atoms with Gasteiger partial charge in [-0.2, -0.15) is 0 Å². The molecule has 0 aromatic heterocycles. The van der Waals surface area contributed by atoms with Crippen molar-refractivity contribution in [2.75, 3.05) is 26.8 Å². The van der Waals surface area contributed by atoms with Gasteiger partial charge in [0.25, 0.3) is 0 Å². The van der Waals surface area contributed by atoms with Crippen LogP contribution in [0.2, 0.25) is 0 Å². The first kappa shape index (κ1) is 11.9. The monoisotopic (exact) mass is 226 g/mol. The molecule has 1 aliphatic carbocycles. The van der Waals surface area contributed by atoms with Crippen LogP contribution in [0.15, 0.2) is 0 Å². The molecule has 92 valence electrons. The summed E-state index contributed by atoms with van der Waals surface area (Å²) < 4.78 is 5.16. The Morgan fingerprint density at radius 3 is 2.69 bits per heavy atom. The molecule has 2 N–H and O–H groups in total. The van der Waals surface area contributed by atoms with Crippen LogP contribution in [0.1, 0.15) is 32.1 Å². The Morgan fingerprint density at radius 1 is 1.44 bits per heavy atom. The second-order valence-corrected chi connectivity index (χ2v) is 5.04. The molecule has 2 fully saturated rings. The van der Waals surface area contributed by atoms with Gasteiger partial charge < -0.3 is 15.4 Å². The molecular formula is C12H22N2O2. The van der Waals surface area contributed by atoms with Crippen molar-refractivity contribution in [3.05, 3.63) is 0 Å². The molecule has 16 heavy (non-hydrogen) atoms. The average Bonchev–Trinajstić information content (AvgIpc) is 3.11. The maximum atomic E-state index is 11.9. The highest BCUT2D eigenvalue weighted by Gasteiger charge is 2.38. The predicted octanol–water partition coefficient (Wildman–Crippen LogP) is 0.671. The standard InChI is InChI=1S/C12H22N2O2/c1-16-9-6-12(4-7-13-8-5-12)14-11(15)10-2-3-10/h10,13H,2-9H2,1H3,(H,14,15). The number of nitrogens with one attached hydrogen (secondary N) is 2. The maximum Gasteiger partial charge on any atom is 0.223 e. The minimum atomic E-state index is -0.0130. The van der Waals surface area contributed by atoms with Gasteiger partial charge in [0.1, 0.15) is 0 Å². The Bertz CT molecular complexity index is 245. The van der Waals surface area contributed by atoms with Crippen LogP contribution in [0.25, 0.3) is 0 Å². The molecule has 0 spiro atoms. The Hall–Kier alpha value is -0.610. The van der Waals surface area contributed by atoms with Gasteiger partial charge in [-0.1, -0.05) is 0 Å². The zero-order valence-corrected chi connectivity index (χ0v) is 10.1. The molecule has 1 aliphatic heterocycles. The van der Waals surface area contributed by atoms with Gasteiger partial charge in [0.2, 0.25) is 5.91 Å². The lowest BCUT2D eigenvalue weighted by Gasteiger charge is -2.38. The average molecular weight is 226 g/mol. The SMILES string of the molecule is COCCC1(NC(=O)C2CC2)CCNCC1. The molecule has 0 radical (unpaired) electrons. The van der Waals surface area contributed by atoms with Gasteiger partial charge in [0.15, 0.2) is 0 Å². The number of carbonyl (C=O) groups excluding carboxylic acids is 1. The third kappa shape index (κ3) is 2.95. The summed E-state index contributed by atoms with van der Waals surface area (Å²) in [6.07, 6.45) is 5.13. The van der Waals surface area contributed by atoms with Crippen LogP contribution < -0.4 is 10.6 Å². The quantitative estimate of drug-likeness (QED) is 0.724. The van der Waals surface area contributed by atoms with Gasteiger partial charge in [-0.15, -0.1) is 0 Å². The zero-order valence-electron chi connectivity index (χ0n) is 10.1. The van der Waals surface area contributed by atoms with E-state index in [1.807, 2.05) is 0 Å². The fourth-order valence-electron chi connectivity index (χ4n) is 2.35. The van der Waals surface area contributed by atoms with E-state index < -0.39 is 0 Å². The molecule has 4 heteroatoms. The summed E-state index contributed by atoms with van der Waals surface area (Å²) in [4.78, 5) is 11.9. The lowest BCUT2D eigenvalue weighted by atomic mass is 9.85. The van der Waals surface area contributed by atoms with E-state index in [1.54, 1.807) is 7.11 Å². The molecule has 0 aromatic rings. The number of rotatable bonds is 5. The molecule has 1 heterocycles. The van der Waals surface area contributed by atoms with Crippen LogP contribution in [-0.4, -0.2) is 38.3 Å². The first-order valence-electron chi connectivity index (χ1n) is 6.27. The third-order valence-electron chi connectivity index (χ3n) is 3.68. The highest BCUT2D eigenvalue weighted by Crippen LogP contribution is 2.31. The fourth-order valence-corrected chi connectivity index (χ4v) is 2.35. The minimum Gasteiger partial charge on any atom is -0.385 e. The third-order valence-corrected chi connectivity index (χ3v) is 3.68. The van der Waals surface area contributed by atoms with Crippen LogP contribution in [0.4, 0.5) is 0 Å². The van der Waals surface area contributed by atoms with Crippen molar-refractivity contribution in [3.63, 3.8) is 0 Å². The van der Waals surface area contributed by atoms with Crippen molar-refractivity contribution < 1.29 is 9.53 Å². The summed E-state index contributed by atoms with van der Waals surface area (Å²) in [6, 6.07) is 0. The summed E-state index contributed by atoms with van der Waals surface area (Å²) in [5.41, 5.74) is -0.0130. The Labute approximate surface area is 97.1 Å². The van der Waals surface area contributed by atoms with E-state index in [1.165, 1.54) is 0 Å². The fraction of sp³-hybridized carbons (Fsp3) is 0.917. The lowest BCUT2D eigenvalue weighted by molar-refractivity contribution is -0.124. The van der Waals surface area contributed by atoms with Crippen molar-refractivity contribution in [3.8, 4) is 0 Å². The molecular weight excluding hydrogens is 204 g/mol. The van der Waals surface area contributed by atoms with Gasteiger partial charge in [0, 0.05) is 25.2 Å². The normalized spacial score (nSPS) is 24.1. The van der Waals surface area contributed by atoms with Crippen molar-refractivity contribution in [2.45, 2.75) is 37.6 Å². The highest BCUT2D eigenvalue weighted by atomic mass is 16.5.